The number of hydrogen-bond acceptors (Lipinski definition) is 3. The molecule has 2 aromatic rings. The molecule has 2 N–H and O–H groups in total. The van der Waals surface area contributed by atoms with Crippen LogP contribution >= 0.6 is 0 Å². The molecule has 1 aliphatic rings. The van der Waals surface area contributed by atoms with Crippen molar-refractivity contribution in [2.45, 2.75) is 45.3 Å². The Morgan fingerprint density at radius 1 is 1.30 bits per heavy atom. The number of carbonyl (C=O) groups is 2. The monoisotopic (exact) mass is 422 g/mol. The Bertz CT molecular complexity index is 908. The van der Waals surface area contributed by atoms with Gasteiger partial charge in [-0.05, 0) is 42.5 Å². The van der Waals surface area contributed by atoms with E-state index >= 15 is 0 Å². The Morgan fingerprint density at radius 3 is 2.70 bits per heavy atom. The van der Waals surface area contributed by atoms with E-state index in [9.17, 15) is 22.8 Å². The van der Waals surface area contributed by atoms with E-state index in [1.807, 2.05) is 13.8 Å². The number of aromatic amines is 1. The summed E-state index contributed by atoms with van der Waals surface area (Å²) in [5.41, 5.74) is 0.456. The summed E-state index contributed by atoms with van der Waals surface area (Å²) in [5, 5.41) is 9.60. The number of H-pyrrole nitrogens is 1. The maximum Gasteiger partial charge on any atom is 0.416 e. The molecule has 1 fully saturated rings. The fourth-order valence-corrected chi connectivity index (χ4v) is 3.54. The van der Waals surface area contributed by atoms with Gasteiger partial charge in [-0.15, -0.1) is 0 Å². The number of rotatable bonds is 7. The van der Waals surface area contributed by atoms with Gasteiger partial charge in [0.25, 0.3) is 5.91 Å². The lowest BCUT2D eigenvalue weighted by atomic mass is 10.0. The van der Waals surface area contributed by atoms with Crippen LogP contribution in [0.1, 0.15) is 60.0 Å². The van der Waals surface area contributed by atoms with E-state index in [0.29, 0.717) is 25.3 Å². The molecule has 3 rings (SSSR count). The van der Waals surface area contributed by atoms with Crippen molar-refractivity contribution in [3.63, 3.8) is 0 Å². The largest absolute Gasteiger partial charge is 0.416 e. The zero-order valence-corrected chi connectivity index (χ0v) is 16.9. The molecule has 1 aliphatic heterocycles. The lowest BCUT2D eigenvalue weighted by molar-refractivity contribution is -0.137. The van der Waals surface area contributed by atoms with Crippen LogP contribution in [0.3, 0.4) is 0 Å². The summed E-state index contributed by atoms with van der Waals surface area (Å²) in [4.78, 5) is 26.4. The minimum atomic E-state index is -4.50. The van der Waals surface area contributed by atoms with Gasteiger partial charge in [0.2, 0.25) is 5.91 Å². The van der Waals surface area contributed by atoms with Crippen LogP contribution in [-0.2, 0) is 17.4 Å². The minimum Gasteiger partial charge on any atom is -0.342 e. The van der Waals surface area contributed by atoms with Crippen LogP contribution < -0.4 is 5.32 Å². The van der Waals surface area contributed by atoms with Crippen molar-refractivity contribution < 1.29 is 22.8 Å². The van der Waals surface area contributed by atoms with E-state index in [1.54, 1.807) is 11.0 Å². The average molecular weight is 422 g/mol. The molecule has 1 saturated heterocycles. The number of halogens is 3. The summed E-state index contributed by atoms with van der Waals surface area (Å²) < 4.78 is 39.5. The van der Waals surface area contributed by atoms with Crippen LogP contribution in [0.25, 0.3) is 0 Å². The van der Waals surface area contributed by atoms with E-state index in [4.69, 9.17) is 0 Å². The van der Waals surface area contributed by atoms with Gasteiger partial charge in [-0.1, -0.05) is 26.0 Å². The fraction of sp³-hybridized carbons (Fsp3) is 0.476. The molecule has 9 heteroatoms. The summed E-state index contributed by atoms with van der Waals surface area (Å²) in [6.45, 7) is 4.70. The smallest absolute Gasteiger partial charge is 0.342 e. The van der Waals surface area contributed by atoms with Crippen LogP contribution in [0.15, 0.2) is 30.3 Å². The van der Waals surface area contributed by atoms with Crippen molar-refractivity contribution in [2.24, 2.45) is 5.92 Å². The van der Waals surface area contributed by atoms with Crippen molar-refractivity contribution in [3.05, 3.63) is 52.8 Å². The van der Waals surface area contributed by atoms with Gasteiger partial charge in [0.05, 0.1) is 11.6 Å². The highest BCUT2D eigenvalue weighted by molar-refractivity contribution is 5.92. The van der Waals surface area contributed by atoms with Crippen molar-refractivity contribution in [3.8, 4) is 0 Å². The first-order valence-electron chi connectivity index (χ1n) is 9.93. The van der Waals surface area contributed by atoms with Gasteiger partial charge >= 0.3 is 6.18 Å². The standard InChI is InChI=1S/C21H25F3N4O2/c1-13(2)9-16-11-17(27-26-16)20(30)25-18(12-28-8-4-7-19(28)29)14-5-3-6-15(10-14)21(22,23)24/h3,5-6,10-11,13,18H,4,7-9,12H2,1-2H3,(H,25,30)(H,26,27). The van der Waals surface area contributed by atoms with E-state index < -0.39 is 23.7 Å². The second kappa shape index (κ2) is 8.89. The van der Waals surface area contributed by atoms with Crippen molar-refractivity contribution in [2.75, 3.05) is 13.1 Å². The number of aromatic nitrogens is 2. The number of benzene rings is 1. The van der Waals surface area contributed by atoms with Crippen LogP contribution in [0.2, 0.25) is 0 Å². The quantitative estimate of drug-likeness (QED) is 0.714. The summed E-state index contributed by atoms with van der Waals surface area (Å²) in [5.74, 6) is -0.198. The van der Waals surface area contributed by atoms with Crippen molar-refractivity contribution >= 4 is 11.8 Å². The Kier molecular flexibility index (Phi) is 6.48. The zero-order valence-electron chi connectivity index (χ0n) is 16.9. The third-order valence-electron chi connectivity index (χ3n) is 4.99. The van der Waals surface area contributed by atoms with Crippen LogP contribution in [0, 0.1) is 5.92 Å². The number of carbonyl (C=O) groups excluding carboxylic acids is 2. The second-order valence-corrected chi connectivity index (χ2v) is 7.97. The molecule has 1 atom stereocenters. The molecule has 162 valence electrons. The maximum atomic E-state index is 13.2. The third kappa shape index (κ3) is 5.40. The van der Waals surface area contributed by atoms with Gasteiger partial charge in [-0.2, -0.15) is 18.3 Å². The normalized spacial score (nSPS) is 15.7. The molecule has 1 aromatic carbocycles. The van der Waals surface area contributed by atoms with E-state index in [1.165, 1.54) is 12.1 Å². The maximum absolute atomic E-state index is 13.2. The molecule has 1 unspecified atom stereocenters. The zero-order chi connectivity index (χ0) is 21.9. The first-order chi connectivity index (χ1) is 14.1. The van der Waals surface area contributed by atoms with Gasteiger partial charge in [-0.3, -0.25) is 14.7 Å². The number of nitrogens with zero attached hydrogens (tertiary/aromatic N) is 2. The molecule has 0 saturated carbocycles. The van der Waals surface area contributed by atoms with Crippen molar-refractivity contribution in [1.82, 2.24) is 20.4 Å². The Labute approximate surface area is 172 Å². The lowest BCUT2D eigenvalue weighted by Crippen LogP contribution is -2.38. The van der Waals surface area contributed by atoms with Gasteiger partial charge in [0.1, 0.15) is 5.69 Å². The second-order valence-electron chi connectivity index (χ2n) is 7.97. The van der Waals surface area contributed by atoms with E-state index in [2.05, 4.69) is 15.5 Å². The predicted molar refractivity (Wildman–Crippen MR) is 105 cm³/mol. The van der Waals surface area contributed by atoms with Crippen LogP contribution in [0.5, 0.6) is 0 Å². The SMILES string of the molecule is CC(C)Cc1cc(C(=O)NC(CN2CCCC2=O)c2cccc(C(F)(F)F)c2)n[nH]1. The summed E-state index contributed by atoms with van der Waals surface area (Å²) in [6, 6.07) is 5.68. The van der Waals surface area contributed by atoms with E-state index in [0.717, 1.165) is 24.2 Å². The van der Waals surface area contributed by atoms with Gasteiger partial charge in [0.15, 0.2) is 0 Å². The molecule has 2 amide bonds. The topological polar surface area (TPSA) is 78.1 Å². The molecule has 1 aromatic heterocycles. The number of alkyl halides is 3. The summed E-state index contributed by atoms with van der Waals surface area (Å²) in [7, 11) is 0. The predicted octanol–water partition coefficient (Wildman–Crippen LogP) is 3.72. The molecule has 2 heterocycles. The van der Waals surface area contributed by atoms with Gasteiger partial charge < -0.3 is 10.2 Å². The average Bonchev–Trinajstić information content (AvgIpc) is 3.29. The fourth-order valence-electron chi connectivity index (χ4n) is 3.54. The number of amides is 2. The van der Waals surface area contributed by atoms with Crippen LogP contribution in [-0.4, -0.2) is 40.0 Å². The van der Waals surface area contributed by atoms with E-state index in [-0.39, 0.29) is 23.7 Å². The number of likely N-dealkylation sites (tertiary alicyclic amines) is 1. The molecule has 0 spiro atoms. The van der Waals surface area contributed by atoms with Gasteiger partial charge in [-0.25, -0.2) is 0 Å². The first kappa shape index (κ1) is 21.9. The Morgan fingerprint density at radius 2 is 2.07 bits per heavy atom. The van der Waals surface area contributed by atoms with Crippen LogP contribution in [0.4, 0.5) is 13.2 Å². The molecular formula is C21H25F3N4O2. The highest BCUT2D eigenvalue weighted by Crippen LogP contribution is 2.31. The molecule has 30 heavy (non-hydrogen) atoms. The third-order valence-corrected chi connectivity index (χ3v) is 4.99. The molecule has 0 radical (unpaired) electrons. The minimum absolute atomic E-state index is 0.0692. The summed E-state index contributed by atoms with van der Waals surface area (Å²) >= 11 is 0. The molecular weight excluding hydrogens is 397 g/mol. The number of hydrogen-bond donors (Lipinski definition) is 2. The lowest BCUT2D eigenvalue weighted by Gasteiger charge is -2.25. The highest BCUT2D eigenvalue weighted by atomic mass is 19.4. The highest BCUT2D eigenvalue weighted by Gasteiger charge is 2.32. The Balaban J connectivity index is 1.83. The Hall–Kier alpha value is -2.84. The van der Waals surface area contributed by atoms with Gasteiger partial charge in [0, 0.05) is 25.2 Å². The molecule has 0 aliphatic carbocycles. The molecule has 6 nitrogen and oxygen atoms in total. The molecule has 0 bridgehead atoms. The van der Waals surface area contributed by atoms with Crippen molar-refractivity contribution in [1.29, 1.82) is 0 Å². The first-order valence-corrected chi connectivity index (χ1v) is 9.93. The number of nitrogens with one attached hydrogen (secondary N) is 2. The summed E-state index contributed by atoms with van der Waals surface area (Å²) in [6.07, 6.45) is -2.68.